The number of aromatic nitrogens is 1. The minimum absolute atomic E-state index is 0.232. The average Bonchev–Trinajstić information content (AvgIpc) is 2.38. The molecule has 1 unspecified atom stereocenters. The molecule has 0 amide bonds. The summed E-state index contributed by atoms with van der Waals surface area (Å²) in [6.07, 6.45) is 1.80. The summed E-state index contributed by atoms with van der Waals surface area (Å²) in [5, 5.41) is 1.21. The highest BCUT2D eigenvalue weighted by Gasteiger charge is 2.14. The third kappa shape index (κ3) is 3.34. The van der Waals surface area contributed by atoms with Gasteiger partial charge in [-0.05, 0) is 40.5 Å². The minimum Gasteiger partial charge on any atom is -0.329 e. The third-order valence-corrected chi connectivity index (χ3v) is 4.81. The van der Waals surface area contributed by atoms with E-state index in [1.54, 1.807) is 18.0 Å². The highest BCUT2D eigenvalue weighted by atomic mass is 79.9. The Balaban J connectivity index is 2.23. The van der Waals surface area contributed by atoms with Gasteiger partial charge in [-0.1, -0.05) is 41.6 Å². The van der Waals surface area contributed by atoms with Crippen molar-refractivity contribution in [3.8, 4) is 0 Å². The number of benzene rings is 1. The van der Waals surface area contributed by atoms with Crippen LogP contribution in [-0.2, 0) is 0 Å². The van der Waals surface area contributed by atoms with Gasteiger partial charge in [0.05, 0.1) is 0 Å². The Morgan fingerprint density at radius 3 is 2.83 bits per heavy atom. The van der Waals surface area contributed by atoms with Gasteiger partial charge in [-0.2, -0.15) is 0 Å². The Morgan fingerprint density at radius 2 is 2.17 bits per heavy atom. The van der Waals surface area contributed by atoms with Gasteiger partial charge >= 0.3 is 0 Å². The predicted molar refractivity (Wildman–Crippen MR) is 80.8 cm³/mol. The third-order valence-electron chi connectivity index (χ3n) is 2.61. The molecular weight excluding hydrogens is 308 g/mol. The predicted octanol–water partition coefficient (Wildman–Crippen LogP) is 3.94. The molecule has 0 aliphatic rings. The lowest BCUT2D eigenvalue weighted by Gasteiger charge is -2.15. The number of pyridine rings is 1. The molecular formula is C14H15BrN2S. The molecule has 2 rings (SSSR count). The van der Waals surface area contributed by atoms with Crippen molar-refractivity contribution in [3.05, 3.63) is 58.2 Å². The highest BCUT2D eigenvalue weighted by Crippen LogP contribution is 2.36. The maximum Gasteiger partial charge on any atom is 0.111 e. The Kier molecular flexibility index (Phi) is 4.80. The number of thioether (sulfide) groups is 1. The topological polar surface area (TPSA) is 38.9 Å². The van der Waals surface area contributed by atoms with Crippen molar-refractivity contribution in [1.29, 1.82) is 0 Å². The normalized spacial score (nSPS) is 12.4. The number of rotatable bonds is 4. The average molecular weight is 323 g/mol. The van der Waals surface area contributed by atoms with E-state index in [0.717, 1.165) is 9.50 Å². The van der Waals surface area contributed by atoms with Crippen molar-refractivity contribution < 1.29 is 0 Å². The van der Waals surface area contributed by atoms with Crippen LogP contribution in [-0.4, -0.2) is 11.5 Å². The maximum atomic E-state index is 5.89. The van der Waals surface area contributed by atoms with E-state index >= 15 is 0 Å². The SMILES string of the molecule is Cc1cccc(C(CN)Sc2ncccc2Br)c1. The summed E-state index contributed by atoms with van der Waals surface area (Å²) in [4.78, 5) is 4.37. The zero-order valence-corrected chi connectivity index (χ0v) is 12.5. The van der Waals surface area contributed by atoms with Crippen molar-refractivity contribution in [2.45, 2.75) is 17.2 Å². The molecule has 0 bridgehead atoms. The smallest absolute Gasteiger partial charge is 0.111 e. The monoisotopic (exact) mass is 322 g/mol. The summed E-state index contributed by atoms with van der Waals surface area (Å²) >= 11 is 5.21. The number of aryl methyl sites for hydroxylation is 1. The van der Waals surface area contributed by atoms with Gasteiger partial charge in [-0.25, -0.2) is 4.98 Å². The van der Waals surface area contributed by atoms with Crippen LogP contribution < -0.4 is 5.73 Å². The summed E-state index contributed by atoms with van der Waals surface area (Å²) in [6, 6.07) is 12.4. The van der Waals surface area contributed by atoms with Gasteiger partial charge in [0.25, 0.3) is 0 Å². The first-order valence-electron chi connectivity index (χ1n) is 5.74. The van der Waals surface area contributed by atoms with E-state index in [2.05, 4.69) is 52.1 Å². The fourth-order valence-electron chi connectivity index (χ4n) is 1.72. The molecule has 0 saturated carbocycles. The molecule has 1 aromatic heterocycles. The molecule has 0 aliphatic carbocycles. The van der Waals surface area contributed by atoms with E-state index in [1.165, 1.54) is 11.1 Å². The summed E-state index contributed by atoms with van der Waals surface area (Å²) in [5.41, 5.74) is 8.40. The lowest BCUT2D eigenvalue weighted by Crippen LogP contribution is -2.09. The summed E-state index contributed by atoms with van der Waals surface area (Å²) in [6.45, 7) is 2.69. The van der Waals surface area contributed by atoms with Crippen LogP contribution in [0.25, 0.3) is 0 Å². The molecule has 94 valence electrons. The van der Waals surface area contributed by atoms with Crippen LogP contribution in [0.3, 0.4) is 0 Å². The van der Waals surface area contributed by atoms with Gasteiger partial charge < -0.3 is 5.73 Å². The molecule has 4 heteroatoms. The van der Waals surface area contributed by atoms with Crippen LogP contribution in [0.1, 0.15) is 16.4 Å². The number of hydrogen-bond acceptors (Lipinski definition) is 3. The number of nitrogens with zero attached hydrogens (tertiary/aromatic N) is 1. The first kappa shape index (κ1) is 13.6. The zero-order chi connectivity index (χ0) is 13.0. The molecule has 2 N–H and O–H groups in total. The lowest BCUT2D eigenvalue weighted by atomic mass is 10.1. The van der Waals surface area contributed by atoms with Crippen LogP contribution in [0.2, 0.25) is 0 Å². The van der Waals surface area contributed by atoms with E-state index in [0.29, 0.717) is 6.54 Å². The van der Waals surface area contributed by atoms with Gasteiger partial charge in [-0.3, -0.25) is 0 Å². The van der Waals surface area contributed by atoms with Gasteiger partial charge in [0.15, 0.2) is 0 Å². The van der Waals surface area contributed by atoms with Crippen molar-refractivity contribution in [3.63, 3.8) is 0 Å². The molecule has 0 spiro atoms. The standard InChI is InChI=1S/C14H15BrN2S/c1-10-4-2-5-11(8-10)13(9-16)18-14-12(15)6-3-7-17-14/h2-8,13H,9,16H2,1H3. The van der Waals surface area contributed by atoms with Gasteiger partial charge in [0.2, 0.25) is 0 Å². The highest BCUT2D eigenvalue weighted by molar-refractivity contribution is 9.10. The number of nitrogens with two attached hydrogens (primary N) is 1. The summed E-state index contributed by atoms with van der Waals surface area (Å²) in [5.74, 6) is 0. The van der Waals surface area contributed by atoms with Crippen molar-refractivity contribution in [2.75, 3.05) is 6.54 Å². The lowest BCUT2D eigenvalue weighted by molar-refractivity contribution is 0.931. The van der Waals surface area contributed by atoms with E-state index in [1.807, 2.05) is 12.1 Å². The molecule has 0 saturated heterocycles. The van der Waals surface area contributed by atoms with Crippen molar-refractivity contribution >= 4 is 27.7 Å². The molecule has 18 heavy (non-hydrogen) atoms. The summed E-state index contributed by atoms with van der Waals surface area (Å²) in [7, 11) is 0. The molecule has 0 fully saturated rings. The maximum absolute atomic E-state index is 5.89. The molecule has 0 aliphatic heterocycles. The van der Waals surface area contributed by atoms with Crippen molar-refractivity contribution in [1.82, 2.24) is 4.98 Å². The van der Waals surface area contributed by atoms with Crippen molar-refractivity contribution in [2.24, 2.45) is 5.73 Å². The minimum atomic E-state index is 0.232. The van der Waals surface area contributed by atoms with E-state index in [4.69, 9.17) is 5.73 Å². The van der Waals surface area contributed by atoms with Gasteiger partial charge in [0.1, 0.15) is 5.03 Å². The molecule has 2 nitrogen and oxygen atoms in total. The van der Waals surface area contributed by atoms with Gasteiger partial charge in [-0.15, -0.1) is 0 Å². The molecule has 1 atom stereocenters. The van der Waals surface area contributed by atoms with Crippen LogP contribution in [0.4, 0.5) is 0 Å². The molecule has 1 aromatic carbocycles. The second-order valence-corrected chi connectivity index (χ2v) is 6.09. The Hall–Kier alpha value is -0.840. The molecule has 2 aromatic rings. The Labute approximate surface area is 120 Å². The van der Waals surface area contributed by atoms with E-state index < -0.39 is 0 Å². The zero-order valence-electron chi connectivity index (χ0n) is 10.1. The number of halogens is 1. The number of hydrogen-bond donors (Lipinski definition) is 1. The summed E-state index contributed by atoms with van der Waals surface area (Å²) < 4.78 is 1.01. The van der Waals surface area contributed by atoms with Crippen LogP contribution in [0, 0.1) is 6.92 Å². The fourth-order valence-corrected chi connectivity index (χ4v) is 3.20. The largest absolute Gasteiger partial charge is 0.329 e. The van der Waals surface area contributed by atoms with Crippen LogP contribution in [0.15, 0.2) is 52.1 Å². The fraction of sp³-hybridized carbons (Fsp3) is 0.214. The quantitative estimate of drug-likeness (QED) is 0.866. The first-order chi connectivity index (χ1) is 8.70. The van der Waals surface area contributed by atoms with Crippen LogP contribution >= 0.6 is 27.7 Å². The van der Waals surface area contributed by atoms with Gasteiger partial charge in [0, 0.05) is 22.5 Å². The molecule has 0 radical (unpaired) electrons. The Bertz CT molecular complexity index is 531. The molecule has 1 heterocycles. The second-order valence-electron chi connectivity index (χ2n) is 4.05. The van der Waals surface area contributed by atoms with Crippen LogP contribution in [0.5, 0.6) is 0 Å². The Morgan fingerprint density at radius 1 is 1.33 bits per heavy atom. The van der Waals surface area contributed by atoms with E-state index in [9.17, 15) is 0 Å². The first-order valence-corrected chi connectivity index (χ1v) is 7.42. The van der Waals surface area contributed by atoms with E-state index in [-0.39, 0.29) is 5.25 Å². The second kappa shape index (κ2) is 6.36.